The number of nitrogens with one attached hydrogen (secondary N) is 1. The van der Waals surface area contributed by atoms with E-state index in [4.69, 9.17) is 33.7 Å². The van der Waals surface area contributed by atoms with Gasteiger partial charge in [0, 0.05) is 17.5 Å². The van der Waals surface area contributed by atoms with Crippen molar-refractivity contribution in [1.82, 2.24) is 14.5 Å². The van der Waals surface area contributed by atoms with Crippen LogP contribution >= 0.6 is 0 Å². The molecule has 0 fully saturated rings. The average Bonchev–Trinajstić information content (AvgIpc) is 3.37. The van der Waals surface area contributed by atoms with E-state index in [0.29, 0.717) is 40.8 Å². The first kappa shape index (κ1) is 46.3. The first-order valence-corrected chi connectivity index (χ1v) is 20.1. The van der Waals surface area contributed by atoms with Crippen LogP contribution in [0.3, 0.4) is 0 Å². The summed E-state index contributed by atoms with van der Waals surface area (Å²) in [6.07, 6.45) is -0.696. The molecule has 0 aliphatic carbocycles. The number of anilines is 2. The third-order valence-electron chi connectivity index (χ3n) is 8.19. The third kappa shape index (κ3) is 13.6. The van der Waals surface area contributed by atoms with Gasteiger partial charge in [0.05, 0.1) is 17.6 Å². The van der Waals surface area contributed by atoms with Crippen LogP contribution in [0, 0.1) is 0 Å². The molecule has 322 valence electrons. The van der Waals surface area contributed by atoms with E-state index >= 15 is 0 Å². The number of imidazole rings is 1. The van der Waals surface area contributed by atoms with E-state index in [9.17, 15) is 19.2 Å². The summed E-state index contributed by atoms with van der Waals surface area (Å²) in [5, 5.41) is 3.48. The van der Waals surface area contributed by atoms with Gasteiger partial charge in [-0.15, -0.1) is 0 Å². The average molecular weight is 818 g/mol. The zero-order chi connectivity index (χ0) is 44.3. The third-order valence-corrected chi connectivity index (χ3v) is 8.19. The molecule has 0 unspecified atom stereocenters. The smallest absolute Gasteiger partial charge is 0.444 e. The zero-order valence-electron chi connectivity index (χ0n) is 37.5. The van der Waals surface area contributed by atoms with E-state index in [1.54, 1.807) is 103 Å². The number of rotatable bonds is 10. The van der Waals surface area contributed by atoms with Crippen LogP contribution in [0.25, 0.3) is 21.9 Å². The summed E-state index contributed by atoms with van der Waals surface area (Å²) >= 11 is 0. The molecule has 2 aromatic heterocycles. The van der Waals surface area contributed by atoms with E-state index in [1.807, 2.05) is 41.0 Å². The number of aromatic nitrogens is 3. The van der Waals surface area contributed by atoms with Crippen LogP contribution in [-0.2, 0) is 43.1 Å². The van der Waals surface area contributed by atoms with E-state index in [0.717, 1.165) is 28.9 Å². The normalized spacial score (nSPS) is 12.6. The lowest BCUT2D eigenvalue weighted by Gasteiger charge is -2.29. The first-order chi connectivity index (χ1) is 27.0. The molecular weight excluding hydrogens is 755 g/mol. The van der Waals surface area contributed by atoms with Crippen molar-refractivity contribution >= 4 is 57.9 Å². The molecule has 4 rings (SSSR count). The Morgan fingerprint density at radius 3 is 1.83 bits per heavy atom. The predicted molar refractivity (Wildman–Crippen MR) is 229 cm³/mol. The molecule has 4 aromatic rings. The van der Waals surface area contributed by atoms with Gasteiger partial charge in [-0.1, -0.05) is 37.6 Å². The highest BCUT2D eigenvalue weighted by Gasteiger charge is 2.37. The Hall–Kier alpha value is -5.40. The predicted octanol–water partition coefficient (Wildman–Crippen LogP) is 11.3. The molecule has 0 bridgehead atoms. The lowest BCUT2D eigenvalue weighted by atomic mass is 10.0. The van der Waals surface area contributed by atoms with Gasteiger partial charge in [-0.3, -0.25) is 5.32 Å². The summed E-state index contributed by atoms with van der Waals surface area (Å²) < 4.78 is 30.4. The minimum absolute atomic E-state index is 0.0703. The van der Waals surface area contributed by atoms with Crippen molar-refractivity contribution in [3.63, 3.8) is 0 Å². The van der Waals surface area contributed by atoms with Gasteiger partial charge in [0.1, 0.15) is 39.3 Å². The maximum Gasteiger partial charge on any atom is 0.509 e. The minimum Gasteiger partial charge on any atom is -0.444 e. The van der Waals surface area contributed by atoms with Crippen LogP contribution in [-0.4, -0.2) is 67.0 Å². The number of amides is 3. The quantitative estimate of drug-likeness (QED) is 0.120. The Bertz CT molecular complexity index is 2150. The number of fused-ring (bicyclic) bond motifs is 3. The van der Waals surface area contributed by atoms with Crippen LogP contribution in [0.2, 0.25) is 0 Å². The Labute approximate surface area is 348 Å². The number of carbonyl (C=O) groups excluding carboxylic acids is 4. The van der Waals surface area contributed by atoms with Gasteiger partial charge in [-0.25, -0.2) is 29.1 Å². The molecule has 59 heavy (non-hydrogen) atoms. The highest BCUT2D eigenvalue weighted by atomic mass is 16.7. The monoisotopic (exact) mass is 817 g/mol. The van der Waals surface area contributed by atoms with Crippen molar-refractivity contribution in [2.24, 2.45) is 0 Å². The molecule has 0 radical (unpaired) electrons. The zero-order valence-corrected chi connectivity index (χ0v) is 37.5. The van der Waals surface area contributed by atoms with E-state index < -0.39 is 52.4 Å². The number of hydrogen-bond donors (Lipinski definition) is 1. The second-order valence-corrected chi connectivity index (χ2v) is 19.3. The van der Waals surface area contributed by atoms with Crippen LogP contribution < -0.4 is 10.2 Å². The number of imide groups is 1. The van der Waals surface area contributed by atoms with E-state index in [1.165, 1.54) is 0 Å². The maximum atomic E-state index is 14.1. The molecule has 0 aliphatic heterocycles. The summed E-state index contributed by atoms with van der Waals surface area (Å²) in [5.74, 6) is 0.573. The maximum absolute atomic E-state index is 14.1. The van der Waals surface area contributed by atoms with Crippen LogP contribution in [0.1, 0.15) is 134 Å². The van der Waals surface area contributed by atoms with Crippen LogP contribution in [0.5, 0.6) is 0 Å². The van der Waals surface area contributed by atoms with Gasteiger partial charge in [0.25, 0.3) is 0 Å². The molecule has 0 atom stereocenters. The topological polar surface area (TPSA) is 160 Å². The number of aryl methyl sites for hydroxylation is 1. The van der Waals surface area contributed by atoms with Crippen molar-refractivity contribution in [3.8, 4) is 0 Å². The van der Waals surface area contributed by atoms with Crippen molar-refractivity contribution < 1.29 is 42.9 Å². The number of ether oxygens (including phenoxy) is 5. The number of hydrogen-bond acceptors (Lipinski definition) is 11. The Kier molecular flexibility index (Phi) is 13.7. The van der Waals surface area contributed by atoms with Gasteiger partial charge in [-0.2, -0.15) is 4.90 Å². The summed E-state index contributed by atoms with van der Waals surface area (Å²) in [6, 6.07) is 13.2. The number of carbonyl (C=O) groups is 4. The van der Waals surface area contributed by atoms with Crippen LogP contribution in [0.15, 0.2) is 42.5 Å². The highest BCUT2D eigenvalue weighted by Crippen LogP contribution is 2.36. The molecule has 1 N–H and O–H groups in total. The minimum atomic E-state index is -1.10. The molecule has 3 amide bonds. The standard InChI is InChI=1S/C45H63N5O9/c1-16-17-21-33-48-34-35(49(33)27-45(14,15)59-40(54)58-44(11,12)13)31-23-22-29(24-28-19-18-20-30(25-28)46-37(51)55-41(2,3)4)26-32(31)47-36(34)50(38(52)56-42(5,6)7)39(53)57-43(8,9)10/h18-20,22-23,25-26H,16-17,21,24,27H2,1-15H3,(H,46,51). The Morgan fingerprint density at radius 2 is 1.27 bits per heavy atom. The number of nitrogens with zero attached hydrogens (tertiary/aromatic N) is 4. The van der Waals surface area contributed by atoms with Crippen molar-refractivity contribution in [2.75, 3.05) is 10.2 Å². The largest absolute Gasteiger partial charge is 0.509 e. The number of pyridine rings is 1. The molecule has 0 aliphatic rings. The molecule has 14 nitrogen and oxygen atoms in total. The van der Waals surface area contributed by atoms with Crippen molar-refractivity contribution in [1.29, 1.82) is 0 Å². The molecule has 2 aromatic carbocycles. The fraction of sp³-hybridized carbons (Fsp3) is 0.556. The Morgan fingerprint density at radius 1 is 0.695 bits per heavy atom. The molecular formula is C45H63N5O9. The second kappa shape index (κ2) is 17.4. The summed E-state index contributed by atoms with van der Waals surface area (Å²) in [6.45, 7) is 26.7. The summed E-state index contributed by atoms with van der Waals surface area (Å²) in [4.78, 5) is 64.6. The van der Waals surface area contributed by atoms with E-state index in [2.05, 4.69) is 12.2 Å². The highest BCUT2D eigenvalue weighted by molar-refractivity contribution is 6.17. The van der Waals surface area contributed by atoms with Gasteiger partial charge >= 0.3 is 24.4 Å². The van der Waals surface area contributed by atoms with Crippen molar-refractivity contribution in [3.05, 3.63) is 59.4 Å². The molecule has 0 saturated heterocycles. The Balaban J connectivity index is 1.98. The SMILES string of the molecule is CCCCc1nc2c(N(C(=O)OC(C)(C)C)C(=O)OC(C)(C)C)nc3cc(Cc4cccc(NC(=O)OC(C)(C)C)c4)ccc3c2n1CC(C)(C)OC(=O)OC(C)(C)C. The fourth-order valence-corrected chi connectivity index (χ4v) is 6.12. The molecule has 0 saturated carbocycles. The first-order valence-electron chi connectivity index (χ1n) is 20.1. The lowest BCUT2D eigenvalue weighted by molar-refractivity contribution is -0.0582. The molecule has 14 heteroatoms. The molecule has 0 spiro atoms. The number of unbranched alkanes of at least 4 members (excludes halogenated alkanes) is 1. The van der Waals surface area contributed by atoms with Crippen LogP contribution in [0.4, 0.5) is 30.7 Å². The van der Waals surface area contributed by atoms with E-state index in [-0.39, 0.29) is 17.9 Å². The van der Waals surface area contributed by atoms with Gasteiger partial charge in [0.2, 0.25) is 0 Å². The van der Waals surface area contributed by atoms with Gasteiger partial charge in [0.15, 0.2) is 5.82 Å². The summed E-state index contributed by atoms with van der Waals surface area (Å²) in [7, 11) is 0. The molecule has 2 heterocycles. The summed E-state index contributed by atoms with van der Waals surface area (Å²) in [5.41, 5.74) is -0.827. The fourth-order valence-electron chi connectivity index (χ4n) is 6.12. The van der Waals surface area contributed by atoms with Crippen molar-refractivity contribution in [2.45, 2.75) is 164 Å². The van der Waals surface area contributed by atoms with Gasteiger partial charge in [-0.05, 0) is 139 Å². The van der Waals surface area contributed by atoms with Gasteiger partial charge < -0.3 is 28.3 Å². The lowest BCUT2D eigenvalue weighted by Crippen LogP contribution is -2.44. The number of benzene rings is 2. The second-order valence-electron chi connectivity index (χ2n) is 19.3.